The van der Waals surface area contributed by atoms with E-state index in [0.29, 0.717) is 25.1 Å². The number of benzene rings is 2. The van der Waals surface area contributed by atoms with E-state index in [9.17, 15) is 19.7 Å². The van der Waals surface area contributed by atoms with E-state index in [1.165, 1.54) is 6.07 Å². The number of carbonyl (C=O) groups is 1. The number of hydrogen-bond donors (Lipinski definition) is 1. The summed E-state index contributed by atoms with van der Waals surface area (Å²) in [5.41, 5.74) is 6.21. The number of nitro benzene ring substituents is 1. The van der Waals surface area contributed by atoms with Crippen LogP contribution in [0.15, 0.2) is 57.7 Å². The first-order valence-electron chi connectivity index (χ1n) is 8.06. The van der Waals surface area contributed by atoms with Crippen LogP contribution in [-0.2, 0) is 16.0 Å². The Morgan fingerprint density at radius 1 is 1.22 bits per heavy atom. The van der Waals surface area contributed by atoms with Crippen molar-refractivity contribution in [2.75, 3.05) is 12.3 Å². The smallest absolute Gasteiger partial charge is 0.315 e. The topological polar surface area (TPSA) is 126 Å². The Bertz CT molecular complexity index is 998. The van der Waals surface area contributed by atoms with Crippen molar-refractivity contribution < 1.29 is 18.9 Å². The summed E-state index contributed by atoms with van der Waals surface area (Å²) in [4.78, 5) is 32.0. The molecule has 1 heterocycles. The molecule has 3 aromatic rings. The van der Waals surface area contributed by atoms with Crippen molar-refractivity contribution in [2.45, 2.75) is 13.3 Å². The fraction of sp³-hybridized carbons (Fsp3) is 0.158. The van der Waals surface area contributed by atoms with Crippen molar-refractivity contribution in [1.29, 1.82) is 0 Å². The number of anilines is 1. The van der Waals surface area contributed by atoms with Gasteiger partial charge in [0.1, 0.15) is 0 Å². The van der Waals surface area contributed by atoms with E-state index in [-0.39, 0.29) is 22.5 Å². The van der Waals surface area contributed by atoms with Crippen LogP contribution in [-0.4, -0.2) is 18.0 Å². The molecule has 0 aliphatic carbocycles. The molecular weight excluding hydrogens is 352 g/mol. The van der Waals surface area contributed by atoms with Gasteiger partial charge in [-0.15, -0.1) is 0 Å². The molecule has 0 bridgehead atoms. The van der Waals surface area contributed by atoms with Crippen molar-refractivity contribution in [3.63, 3.8) is 0 Å². The lowest BCUT2D eigenvalue weighted by Crippen LogP contribution is -2.05. The van der Waals surface area contributed by atoms with Crippen LogP contribution in [0.4, 0.5) is 11.6 Å². The third kappa shape index (κ3) is 4.91. The molecule has 3 rings (SSSR count). The molecule has 0 unspecified atom stereocenters. The molecule has 0 radical (unpaired) electrons. The molecule has 0 amide bonds. The minimum atomic E-state index is -0.539. The van der Waals surface area contributed by atoms with Gasteiger partial charge in [-0.2, -0.15) is 0 Å². The van der Waals surface area contributed by atoms with Gasteiger partial charge in [0.2, 0.25) is 5.58 Å². The Labute approximate surface area is 154 Å². The van der Waals surface area contributed by atoms with Gasteiger partial charge in [0, 0.05) is 18.1 Å². The highest BCUT2D eigenvalue weighted by Gasteiger charge is 2.22. The van der Waals surface area contributed by atoms with Crippen molar-refractivity contribution in [3.05, 3.63) is 80.0 Å². The van der Waals surface area contributed by atoms with E-state index < -0.39 is 10.4 Å². The van der Waals surface area contributed by atoms with Crippen LogP contribution in [0.5, 0.6) is 0 Å². The first kappa shape index (κ1) is 19.6. The summed E-state index contributed by atoms with van der Waals surface area (Å²) in [6.07, 6.45) is 0.367. The molecule has 140 valence electrons. The molecule has 8 heteroatoms. The predicted octanol–water partition coefficient (Wildman–Crippen LogP) is 3.05. The molecule has 1 aromatic heterocycles. The Balaban J connectivity index is 0.000000465. The summed E-state index contributed by atoms with van der Waals surface area (Å²) in [7, 11) is 0. The second-order valence-corrected chi connectivity index (χ2v) is 5.43. The standard InChI is InChI=1S/C16H12N2O4.C3H6O2/c17-14-9-13(19)12-7-6-11(8-10-4-2-1-3-5-10)15(18(20)21)16(12)22-14;1-2-5-3-4/h1-7,9H,8,17H2;3H,2H2,1H3. The fourth-order valence-corrected chi connectivity index (χ4v) is 2.49. The van der Waals surface area contributed by atoms with Crippen LogP contribution in [0.1, 0.15) is 18.1 Å². The van der Waals surface area contributed by atoms with E-state index in [2.05, 4.69) is 4.74 Å². The quantitative estimate of drug-likeness (QED) is 0.415. The molecule has 2 aromatic carbocycles. The lowest BCUT2D eigenvalue weighted by atomic mass is 10.0. The molecule has 8 nitrogen and oxygen atoms in total. The van der Waals surface area contributed by atoms with Gasteiger partial charge in [0.25, 0.3) is 6.47 Å². The Morgan fingerprint density at radius 2 is 1.93 bits per heavy atom. The molecule has 27 heavy (non-hydrogen) atoms. The number of nitrogens with two attached hydrogens (primary N) is 1. The number of rotatable bonds is 5. The Kier molecular flexibility index (Phi) is 6.65. The molecule has 0 fully saturated rings. The first-order valence-corrected chi connectivity index (χ1v) is 8.06. The average Bonchev–Trinajstić information content (AvgIpc) is 2.63. The monoisotopic (exact) mass is 370 g/mol. The SMILES string of the molecule is CCOC=O.Nc1cc(=O)c2ccc(Cc3ccccc3)c([N+](=O)[O-])c2o1. The Hall–Kier alpha value is -3.68. The summed E-state index contributed by atoms with van der Waals surface area (Å²) in [6, 6.07) is 13.6. The summed E-state index contributed by atoms with van der Waals surface area (Å²) >= 11 is 0. The zero-order valence-corrected chi connectivity index (χ0v) is 14.6. The number of nitrogens with zero attached hydrogens (tertiary/aromatic N) is 1. The van der Waals surface area contributed by atoms with Crippen LogP contribution in [0.3, 0.4) is 0 Å². The molecule has 0 saturated carbocycles. The van der Waals surface area contributed by atoms with E-state index in [0.717, 1.165) is 11.6 Å². The minimum Gasteiger partial charge on any atom is -0.468 e. The molecule has 0 atom stereocenters. The van der Waals surface area contributed by atoms with Crippen molar-refractivity contribution in [2.24, 2.45) is 0 Å². The maximum atomic E-state index is 11.9. The number of nitro groups is 1. The predicted molar refractivity (Wildman–Crippen MR) is 100 cm³/mol. The third-order valence-corrected chi connectivity index (χ3v) is 3.63. The van der Waals surface area contributed by atoms with Gasteiger partial charge in [-0.1, -0.05) is 36.4 Å². The number of carbonyl (C=O) groups excluding carboxylic acids is 1. The van der Waals surface area contributed by atoms with Crippen LogP contribution >= 0.6 is 0 Å². The summed E-state index contributed by atoms with van der Waals surface area (Å²) < 4.78 is 9.40. The van der Waals surface area contributed by atoms with Gasteiger partial charge in [0.05, 0.1) is 16.9 Å². The molecule has 0 aliphatic rings. The van der Waals surface area contributed by atoms with Crippen LogP contribution in [0, 0.1) is 10.1 Å². The van der Waals surface area contributed by atoms with Gasteiger partial charge < -0.3 is 14.9 Å². The zero-order valence-electron chi connectivity index (χ0n) is 14.6. The zero-order chi connectivity index (χ0) is 19.8. The lowest BCUT2D eigenvalue weighted by Gasteiger charge is -2.06. The van der Waals surface area contributed by atoms with E-state index in [1.54, 1.807) is 13.0 Å². The van der Waals surface area contributed by atoms with Crippen molar-refractivity contribution in [3.8, 4) is 0 Å². The second kappa shape index (κ2) is 9.14. The second-order valence-electron chi connectivity index (χ2n) is 5.43. The van der Waals surface area contributed by atoms with Crippen molar-refractivity contribution >= 4 is 29.0 Å². The third-order valence-electron chi connectivity index (χ3n) is 3.63. The summed E-state index contributed by atoms with van der Waals surface area (Å²) in [6.45, 7) is 2.66. The van der Waals surface area contributed by atoms with Crippen molar-refractivity contribution in [1.82, 2.24) is 0 Å². The average molecular weight is 370 g/mol. The Morgan fingerprint density at radius 3 is 2.48 bits per heavy atom. The van der Waals surface area contributed by atoms with E-state index in [1.807, 2.05) is 30.3 Å². The van der Waals surface area contributed by atoms with Gasteiger partial charge in [-0.25, -0.2) is 0 Å². The minimum absolute atomic E-state index is 0.0802. The van der Waals surface area contributed by atoms with Gasteiger partial charge in [-0.3, -0.25) is 19.7 Å². The highest BCUT2D eigenvalue weighted by Crippen LogP contribution is 2.30. The normalized spacial score (nSPS) is 9.96. The lowest BCUT2D eigenvalue weighted by molar-refractivity contribution is -0.384. The van der Waals surface area contributed by atoms with Gasteiger partial charge >= 0.3 is 5.69 Å². The molecule has 0 spiro atoms. The van der Waals surface area contributed by atoms with E-state index >= 15 is 0 Å². The maximum absolute atomic E-state index is 11.9. The van der Waals surface area contributed by atoms with E-state index in [4.69, 9.17) is 10.2 Å². The number of nitrogen functional groups attached to an aromatic ring is 1. The molecule has 0 saturated heterocycles. The van der Waals surface area contributed by atoms with Crippen LogP contribution in [0.2, 0.25) is 0 Å². The number of ether oxygens (including phenoxy) is 1. The molecule has 0 aliphatic heterocycles. The first-order chi connectivity index (χ1) is 13.0. The summed E-state index contributed by atoms with van der Waals surface area (Å²) in [5, 5.41) is 11.6. The van der Waals surface area contributed by atoms with Crippen LogP contribution < -0.4 is 11.2 Å². The van der Waals surface area contributed by atoms with Crippen LogP contribution in [0.25, 0.3) is 11.0 Å². The van der Waals surface area contributed by atoms with Gasteiger partial charge in [-0.05, 0) is 18.6 Å². The molecule has 2 N–H and O–H groups in total. The number of fused-ring (bicyclic) bond motifs is 1. The summed E-state index contributed by atoms with van der Waals surface area (Å²) in [5.74, 6) is -0.141. The highest BCUT2D eigenvalue weighted by atomic mass is 16.6. The fourth-order valence-electron chi connectivity index (χ4n) is 2.49. The number of hydrogen-bond acceptors (Lipinski definition) is 7. The van der Waals surface area contributed by atoms with Gasteiger partial charge in [0.15, 0.2) is 11.3 Å². The maximum Gasteiger partial charge on any atom is 0.315 e. The largest absolute Gasteiger partial charge is 0.468 e. The highest BCUT2D eigenvalue weighted by molar-refractivity contribution is 5.87. The molecular formula is C19H18N2O6.